The quantitative estimate of drug-likeness (QED) is 0.409. The van der Waals surface area contributed by atoms with Crippen molar-refractivity contribution in [3.05, 3.63) is 79.4 Å². The second-order valence-corrected chi connectivity index (χ2v) is 7.16. The smallest absolute Gasteiger partial charge is 0.339 e. The van der Waals surface area contributed by atoms with Crippen LogP contribution >= 0.6 is 34.3 Å². The Balaban J connectivity index is 1.82. The molecule has 0 saturated carbocycles. The molecule has 0 aliphatic heterocycles. The third-order valence-electron chi connectivity index (χ3n) is 3.25. The van der Waals surface area contributed by atoms with Gasteiger partial charge in [0.25, 0.3) is 0 Å². The number of esters is 1. The van der Waals surface area contributed by atoms with Gasteiger partial charge in [0.05, 0.1) is 10.6 Å². The van der Waals surface area contributed by atoms with E-state index < -0.39 is 11.8 Å². The number of hydrogen-bond donors (Lipinski definition) is 0. The van der Waals surface area contributed by atoms with Gasteiger partial charge in [-0.25, -0.2) is 9.18 Å². The Bertz CT molecular complexity index is 835. The lowest BCUT2D eigenvalue weighted by Crippen LogP contribution is -2.07. The zero-order valence-corrected chi connectivity index (χ0v) is 14.8. The molecule has 24 heavy (non-hydrogen) atoms. The highest BCUT2D eigenvalue weighted by molar-refractivity contribution is 7.12. The minimum Gasteiger partial charge on any atom is -0.457 e. The molecule has 0 aliphatic rings. The number of hydrogen-bond acceptors (Lipinski definition) is 4. The SMILES string of the molecule is O=C(OCc1c(F)cccc1Cl)C(=Cc1cccs1)c1cccs1. The van der Waals surface area contributed by atoms with E-state index in [0.717, 1.165) is 9.75 Å². The molecule has 3 aromatic rings. The lowest BCUT2D eigenvalue weighted by atomic mass is 10.2. The average Bonchev–Trinajstić information content (AvgIpc) is 3.25. The van der Waals surface area contributed by atoms with Gasteiger partial charge in [-0.2, -0.15) is 0 Å². The van der Waals surface area contributed by atoms with Gasteiger partial charge < -0.3 is 4.74 Å². The predicted octanol–water partition coefficient (Wildman–Crippen LogP) is 5.89. The number of carbonyl (C=O) groups excluding carboxylic acids is 1. The zero-order chi connectivity index (χ0) is 16.9. The summed E-state index contributed by atoms with van der Waals surface area (Å²) in [6.07, 6.45) is 1.78. The molecule has 0 amide bonds. The van der Waals surface area contributed by atoms with Crippen LogP contribution in [0.5, 0.6) is 0 Å². The van der Waals surface area contributed by atoms with Gasteiger partial charge in [0.15, 0.2) is 0 Å². The van der Waals surface area contributed by atoms with Crippen LogP contribution < -0.4 is 0 Å². The van der Waals surface area contributed by atoms with Crippen molar-refractivity contribution in [1.82, 2.24) is 0 Å². The Morgan fingerprint density at radius 1 is 1.12 bits per heavy atom. The van der Waals surface area contributed by atoms with E-state index in [-0.39, 0.29) is 17.2 Å². The molecule has 0 aliphatic carbocycles. The van der Waals surface area contributed by atoms with E-state index in [1.54, 1.807) is 12.1 Å². The molecule has 0 atom stereocenters. The molecule has 0 spiro atoms. The Hall–Kier alpha value is -1.95. The lowest BCUT2D eigenvalue weighted by Gasteiger charge is -2.09. The first kappa shape index (κ1) is 16.9. The predicted molar refractivity (Wildman–Crippen MR) is 97.7 cm³/mol. The monoisotopic (exact) mass is 378 g/mol. The Morgan fingerprint density at radius 3 is 2.58 bits per heavy atom. The molecular weight excluding hydrogens is 367 g/mol. The van der Waals surface area contributed by atoms with Gasteiger partial charge in [0.2, 0.25) is 0 Å². The maximum absolute atomic E-state index is 13.8. The Labute approximate surface area is 151 Å². The maximum atomic E-state index is 13.8. The largest absolute Gasteiger partial charge is 0.457 e. The van der Waals surface area contributed by atoms with Gasteiger partial charge >= 0.3 is 5.97 Å². The van der Waals surface area contributed by atoms with Crippen LogP contribution in [0, 0.1) is 5.82 Å². The van der Waals surface area contributed by atoms with Crippen molar-refractivity contribution in [3.8, 4) is 0 Å². The van der Waals surface area contributed by atoms with Gasteiger partial charge in [-0.1, -0.05) is 29.8 Å². The van der Waals surface area contributed by atoms with Crippen molar-refractivity contribution in [2.45, 2.75) is 6.61 Å². The molecule has 6 heteroatoms. The van der Waals surface area contributed by atoms with E-state index in [9.17, 15) is 9.18 Å². The van der Waals surface area contributed by atoms with E-state index in [1.165, 1.54) is 34.8 Å². The van der Waals surface area contributed by atoms with Crippen LogP contribution in [0.25, 0.3) is 11.6 Å². The van der Waals surface area contributed by atoms with Crippen LogP contribution in [-0.2, 0) is 16.1 Å². The number of rotatable bonds is 5. The molecule has 2 aromatic heterocycles. The fourth-order valence-electron chi connectivity index (χ4n) is 2.06. The third-order valence-corrected chi connectivity index (χ3v) is 5.32. The van der Waals surface area contributed by atoms with Crippen molar-refractivity contribution in [1.29, 1.82) is 0 Å². The van der Waals surface area contributed by atoms with E-state index in [4.69, 9.17) is 16.3 Å². The van der Waals surface area contributed by atoms with Crippen molar-refractivity contribution in [2.75, 3.05) is 0 Å². The normalized spacial score (nSPS) is 11.5. The average molecular weight is 379 g/mol. The van der Waals surface area contributed by atoms with Crippen LogP contribution in [0.3, 0.4) is 0 Å². The number of ether oxygens (including phenoxy) is 1. The molecule has 1 aromatic carbocycles. The fourth-order valence-corrected chi connectivity index (χ4v) is 3.67. The Kier molecular flexibility index (Phi) is 5.45. The van der Waals surface area contributed by atoms with Crippen LogP contribution in [0.15, 0.2) is 53.2 Å². The van der Waals surface area contributed by atoms with Crippen LogP contribution in [0.1, 0.15) is 15.3 Å². The molecule has 0 saturated heterocycles. The van der Waals surface area contributed by atoms with Gasteiger partial charge in [0.1, 0.15) is 12.4 Å². The highest BCUT2D eigenvalue weighted by Gasteiger charge is 2.17. The van der Waals surface area contributed by atoms with E-state index in [1.807, 2.05) is 35.0 Å². The summed E-state index contributed by atoms with van der Waals surface area (Å²) in [6, 6.07) is 11.9. The highest BCUT2D eigenvalue weighted by atomic mass is 35.5. The first-order chi connectivity index (χ1) is 11.6. The molecule has 0 fully saturated rings. The molecule has 0 radical (unpaired) electrons. The lowest BCUT2D eigenvalue weighted by molar-refractivity contribution is -0.137. The van der Waals surface area contributed by atoms with Crippen LogP contribution in [0.2, 0.25) is 5.02 Å². The minimum atomic E-state index is -0.509. The molecule has 2 heterocycles. The number of thiophene rings is 2. The van der Waals surface area contributed by atoms with Crippen molar-refractivity contribution < 1.29 is 13.9 Å². The molecule has 2 nitrogen and oxygen atoms in total. The fraction of sp³-hybridized carbons (Fsp3) is 0.0556. The summed E-state index contributed by atoms with van der Waals surface area (Å²) in [7, 11) is 0. The molecule has 0 unspecified atom stereocenters. The molecule has 122 valence electrons. The minimum absolute atomic E-state index is 0.175. The molecule has 0 bridgehead atoms. The number of benzene rings is 1. The maximum Gasteiger partial charge on any atom is 0.339 e. The summed E-state index contributed by atoms with van der Waals surface area (Å²) in [4.78, 5) is 14.3. The summed E-state index contributed by atoms with van der Waals surface area (Å²) < 4.78 is 19.1. The summed E-state index contributed by atoms with van der Waals surface area (Å²) in [5.74, 6) is -1.000. The third kappa shape index (κ3) is 3.93. The second kappa shape index (κ2) is 7.75. The Morgan fingerprint density at radius 2 is 1.92 bits per heavy atom. The van der Waals surface area contributed by atoms with E-state index in [0.29, 0.717) is 5.57 Å². The van der Waals surface area contributed by atoms with Gasteiger partial charge in [-0.3, -0.25) is 0 Å². The van der Waals surface area contributed by atoms with Crippen molar-refractivity contribution in [2.24, 2.45) is 0 Å². The van der Waals surface area contributed by atoms with Crippen LogP contribution in [0.4, 0.5) is 4.39 Å². The number of halogens is 2. The van der Waals surface area contributed by atoms with Crippen molar-refractivity contribution in [3.63, 3.8) is 0 Å². The summed E-state index contributed by atoms with van der Waals surface area (Å²) in [6.45, 7) is -0.211. The molecular formula is C18H12ClFO2S2. The first-order valence-electron chi connectivity index (χ1n) is 7.04. The topological polar surface area (TPSA) is 26.3 Å². The number of carbonyl (C=O) groups is 1. The second-order valence-electron chi connectivity index (χ2n) is 4.83. The molecule has 0 N–H and O–H groups in total. The standard InChI is InChI=1S/C18H12ClFO2S2/c19-15-5-1-6-16(20)14(15)11-22-18(21)13(17-7-3-9-24-17)10-12-4-2-8-23-12/h1-10H,11H2. The first-order valence-corrected chi connectivity index (χ1v) is 9.18. The highest BCUT2D eigenvalue weighted by Crippen LogP contribution is 2.27. The summed E-state index contributed by atoms with van der Waals surface area (Å²) in [5.41, 5.74) is 0.620. The molecule has 3 rings (SSSR count). The summed E-state index contributed by atoms with van der Waals surface area (Å²) in [5, 5.41) is 4.06. The van der Waals surface area contributed by atoms with Gasteiger partial charge in [-0.05, 0) is 41.1 Å². The van der Waals surface area contributed by atoms with Gasteiger partial charge in [-0.15, -0.1) is 22.7 Å². The van der Waals surface area contributed by atoms with E-state index >= 15 is 0 Å². The van der Waals surface area contributed by atoms with Gasteiger partial charge in [0, 0.05) is 15.3 Å². The van der Waals surface area contributed by atoms with Crippen molar-refractivity contribution >= 4 is 51.9 Å². The van der Waals surface area contributed by atoms with Crippen LogP contribution in [-0.4, -0.2) is 5.97 Å². The summed E-state index contributed by atoms with van der Waals surface area (Å²) >= 11 is 8.93. The zero-order valence-electron chi connectivity index (χ0n) is 12.4. The van der Waals surface area contributed by atoms with E-state index in [2.05, 4.69) is 0 Å².